The van der Waals surface area contributed by atoms with Gasteiger partial charge in [-0.15, -0.1) is 11.6 Å². The predicted octanol–water partition coefficient (Wildman–Crippen LogP) is 2.22. The van der Waals surface area contributed by atoms with Crippen molar-refractivity contribution in [2.75, 3.05) is 6.61 Å². The van der Waals surface area contributed by atoms with Crippen molar-refractivity contribution in [3.05, 3.63) is 75.9 Å². The summed E-state index contributed by atoms with van der Waals surface area (Å²) < 4.78 is 33.9. The third kappa shape index (κ3) is 8.21. The van der Waals surface area contributed by atoms with E-state index in [1.807, 2.05) is 13.8 Å². The Balaban J connectivity index is 0.00000188. The second-order valence-corrected chi connectivity index (χ2v) is 7.13. The topological polar surface area (TPSA) is 78.1 Å². The molecular weight excluding hydrogens is 469 g/mol. The summed E-state index contributed by atoms with van der Waals surface area (Å²) in [5, 5.41) is 4.06. The minimum Gasteiger partial charge on any atom is -0.405 e. The first-order valence-electron chi connectivity index (χ1n) is 10.6. The molecule has 0 unspecified atom stereocenters. The van der Waals surface area contributed by atoms with Crippen LogP contribution in [0.15, 0.2) is 51.8 Å². The molecular formula is C24H29F2KN4O3. The first-order valence-corrected chi connectivity index (χ1v) is 10.6. The fraction of sp³-hybridized carbons (Fsp3) is 0.375. The Bertz CT molecular complexity index is 1080. The van der Waals surface area contributed by atoms with Crippen molar-refractivity contribution in [3.63, 3.8) is 0 Å². The van der Waals surface area contributed by atoms with Crippen molar-refractivity contribution in [2.24, 2.45) is 10.1 Å². The number of nitrogens with zero attached hydrogens (tertiary/aromatic N) is 4. The van der Waals surface area contributed by atoms with E-state index in [4.69, 9.17) is 9.57 Å². The molecule has 0 spiro atoms. The second-order valence-electron chi connectivity index (χ2n) is 7.13. The van der Waals surface area contributed by atoms with E-state index in [1.54, 1.807) is 27.0 Å². The zero-order valence-electron chi connectivity index (χ0n) is 20.6. The number of aliphatic imine (C=N–C) groups is 1. The van der Waals surface area contributed by atoms with E-state index in [9.17, 15) is 13.6 Å². The monoisotopic (exact) mass is 498 g/mol. The van der Waals surface area contributed by atoms with E-state index < -0.39 is 17.7 Å². The fourth-order valence-corrected chi connectivity index (χ4v) is 3.14. The SMILES string of the molecule is C=C(Cn1cnc(/N=C\C)c(C)c1=O)O/N=C(\C)[C-]1CO[C@@H](c2cc(F)cc(F)c2)C1.CC.[K+]. The molecule has 0 N–H and O–H groups in total. The Hall–Kier alpha value is -1.69. The van der Waals surface area contributed by atoms with Crippen LogP contribution in [-0.2, 0) is 16.1 Å². The number of allylic oxidation sites excluding steroid dienone is 1. The van der Waals surface area contributed by atoms with Crippen molar-refractivity contribution < 1.29 is 69.7 Å². The van der Waals surface area contributed by atoms with Gasteiger partial charge in [0.1, 0.15) is 23.7 Å². The molecule has 1 fully saturated rings. The van der Waals surface area contributed by atoms with Crippen LogP contribution in [0.2, 0.25) is 0 Å². The molecule has 1 aliphatic rings. The predicted molar refractivity (Wildman–Crippen MR) is 125 cm³/mol. The maximum absolute atomic E-state index is 13.4. The Morgan fingerprint density at radius 1 is 1.35 bits per heavy atom. The van der Waals surface area contributed by atoms with E-state index in [2.05, 4.69) is 21.7 Å². The average Bonchev–Trinajstić information content (AvgIpc) is 3.29. The van der Waals surface area contributed by atoms with Crippen LogP contribution in [0, 0.1) is 24.5 Å². The normalized spacial score (nSPS) is 15.6. The van der Waals surface area contributed by atoms with Crippen molar-refractivity contribution in [3.8, 4) is 0 Å². The molecule has 0 bridgehead atoms. The third-order valence-electron chi connectivity index (χ3n) is 4.81. The van der Waals surface area contributed by atoms with E-state index in [0.29, 0.717) is 29.1 Å². The average molecular weight is 499 g/mol. The molecule has 1 saturated heterocycles. The number of benzene rings is 1. The molecule has 2 aromatic rings. The largest absolute Gasteiger partial charge is 1.00 e. The van der Waals surface area contributed by atoms with Gasteiger partial charge in [-0.05, 0) is 31.5 Å². The van der Waals surface area contributed by atoms with Crippen LogP contribution in [0.1, 0.15) is 51.3 Å². The summed E-state index contributed by atoms with van der Waals surface area (Å²) in [5.41, 5.74) is 1.19. The summed E-state index contributed by atoms with van der Waals surface area (Å²) >= 11 is 0. The molecule has 178 valence electrons. The zero-order valence-corrected chi connectivity index (χ0v) is 23.7. The summed E-state index contributed by atoms with van der Waals surface area (Å²) in [6.45, 7) is 13.3. The molecule has 1 aromatic carbocycles. The van der Waals surface area contributed by atoms with E-state index in [0.717, 1.165) is 12.0 Å². The fourth-order valence-electron chi connectivity index (χ4n) is 3.14. The van der Waals surface area contributed by atoms with Crippen molar-refractivity contribution in [2.45, 2.75) is 53.7 Å². The Morgan fingerprint density at radius 3 is 2.62 bits per heavy atom. The number of rotatable bonds is 7. The summed E-state index contributed by atoms with van der Waals surface area (Å²) in [6, 6.07) is 3.33. The van der Waals surface area contributed by atoms with Crippen LogP contribution in [0.3, 0.4) is 0 Å². The first-order chi connectivity index (χ1) is 15.8. The number of hydrogen-bond acceptors (Lipinski definition) is 6. The van der Waals surface area contributed by atoms with Gasteiger partial charge in [0, 0.05) is 12.3 Å². The van der Waals surface area contributed by atoms with E-state index in [1.165, 1.54) is 23.0 Å². The van der Waals surface area contributed by atoms with Crippen LogP contribution in [-0.4, -0.2) is 28.1 Å². The molecule has 34 heavy (non-hydrogen) atoms. The van der Waals surface area contributed by atoms with E-state index >= 15 is 0 Å². The van der Waals surface area contributed by atoms with Gasteiger partial charge in [0.2, 0.25) is 0 Å². The molecule has 10 heteroatoms. The number of oxime groups is 1. The van der Waals surface area contributed by atoms with Gasteiger partial charge in [-0.1, -0.05) is 39.7 Å². The van der Waals surface area contributed by atoms with Crippen LogP contribution in [0.4, 0.5) is 14.6 Å². The third-order valence-corrected chi connectivity index (χ3v) is 4.81. The molecule has 3 rings (SSSR count). The summed E-state index contributed by atoms with van der Waals surface area (Å²) in [7, 11) is 0. The van der Waals surface area contributed by atoms with Gasteiger partial charge in [0.05, 0.1) is 18.2 Å². The van der Waals surface area contributed by atoms with Crippen LogP contribution in [0.25, 0.3) is 0 Å². The Labute approximate surface area is 241 Å². The Morgan fingerprint density at radius 2 is 2.00 bits per heavy atom. The minimum atomic E-state index is -0.647. The standard InChI is InChI=1S/C22H23F2N4O3.C2H6.K/c1-5-25-21-14(3)22(29)28(12-26-21)10-13(2)31-27-15(4)17-8-20(30-11-17)16-6-18(23)9-19(24)7-16;1-2;/h5-7,9,12,20H,2,8,10-11H2,1,3-4H3;1-2H3;/q-1;;+1/b25-5-,27-15+;;/t20-;;/m1../s1. The smallest absolute Gasteiger partial charge is 0.405 e. The second kappa shape index (κ2) is 14.6. The molecule has 0 saturated carbocycles. The molecule has 0 radical (unpaired) electrons. The maximum atomic E-state index is 13.4. The molecule has 1 atom stereocenters. The van der Waals surface area contributed by atoms with Crippen molar-refractivity contribution in [1.29, 1.82) is 0 Å². The van der Waals surface area contributed by atoms with Gasteiger partial charge in [0.25, 0.3) is 5.56 Å². The molecule has 1 aliphatic heterocycles. The molecule has 1 aromatic heterocycles. The summed E-state index contributed by atoms with van der Waals surface area (Å²) in [5.74, 6) is 0.171. The molecule has 0 aliphatic carbocycles. The van der Waals surface area contributed by atoms with Crippen LogP contribution < -0.4 is 56.9 Å². The van der Waals surface area contributed by atoms with Gasteiger partial charge >= 0.3 is 51.4 Å². The van der Waals surface area contributed by atoms with Crippen LogP contribution in [0.5, 0.6) is 0 Å². The van der Waals surface area contributed by atoms with Gasteiger partial charge in [-0.2, -0.15) is 0 Å². The maximum Gasteiger partial charge on any atom is 1.00 e. The molecule has 2 heterocycles. The first kappa shape index (κ1) is 30.3. The molecule has 7 nitrogen and oxygen atoms in total. The van der Waals surface area contributed by atoms with Gasteiger partial charge in [-0.3, -0.25) is 9.36 Å². The van der Waals surface area contributed by atoms with Crippen LogP contribution >= 0.6 is 0 Å². The zero-order chi connectivity index (χ0) is 24.5. The molecule has 0 amide bonds. The van der Waals surface area contributed by atoms with Crippen molar-refractivity contribution >= 4 is 17.7 Å². The van der Waals surface area contributed by atoms with Gasteiger partial charge in [-0.25, -0.2) is 18.8 Å². The number of halogens is 2. The Kier molecular flexibility index (Phi) is 13.1. The van der Waals surface area contributed by atoms with Crippen molar-refractivity contribution in [1.82, 2.24) is 9.55 Å². The van der Waals surface area contributed by atoms with Gasteiger partial charge < -0.3 is 15.5 Å². The quantitative estimate of drug-likeness (QED) is 0.193. The number of hydrogen-bond donors (Lipinski definition) is 0. The van der Waals surface area contributed by atoms with Gasteiger partial charge in [0.15, 0.2) is 5.82 Å². The summed E-state index contributed by atoms with van der Waals surface area (Å²) in [4.78, 5) is 26.0. The number of ether oxygens (including phenoxy) is 1. The van der Waals surface area contributed by atoms with E-state index in [-0.39, 0.29) is 75.9 Å². The summed E-state index contributed by atoms with van der Waals surface area (Å²) in [6.07, 6.45) is 2.94. The minimum absolute atomic E-state index is 0. The number of aromatic nitrogens is 2.